The maximum atomic E-state index is 10.4. The molecule has 0 atom stereocenters. The quantitative estimate of drug-likeness (QED) is 0.714. The Kier molecular flexibility index (Phi) is 2.53. The lowest BCUT2D eigenvalue weighted by Gasteiger charge is -1.99. The summed E-state index contributed by atoms with van der Waals surface area (Å²) in [6.07, 6.45) is 0. The Balaban J connectivity index is 2.18. The molecular weight excluding hydrogens is 228 g/mol. The topological polar surface area (TPSA) is 55.0 Å². The van der Waals surface area contributed by atoms with Crippen molar-refractivity contribution in [3.8, 4) is 17.0 Å². The van der Waals surface area contributed by atoms with E-state index in [4.69, 9.17) is 4.74 Å². The number of H-pyrrole nitrogens is 1. The lowest BCUT2D eigenvalue weighted by Crippen LogP contribution is -1.87. The Bertz CT molecular complexity index is 689. The molecule has 1 heterocycles. The van der Waals surface area contributed by atoms with E-state index < -0.39 is 0 Å². The fourth-order valence-corrected chi connectivity index (χ4v) is 1.94. The number of nitrogens with zero attached hydrogens (tertiary/aromatic N) is 1. The van der Waals surface area contributed by atoms with Crippen LogP contribution in [-0.2, 0) is 4.79 Å². The van der Waals surface area contributed by atoms with E-state index in [0.29, 0.717) is 12.2 Å². The van der Waals surface area contributed by atoms with Crippen molar-refractivity contribution >= 4 is 17.4 Å². The average Bonchev–Trinajstić information content (AvgIpc) is 2.83. The molecule has 0 saturated carbocycles. The summed E-state index contributed by atoms with van der Waals surface area (Å²) < 4.78 is 4.85. The highest BCUT2D eigenvalue weighted by atomic mass is 16.5. The molecule has 0 bridgehead atoms. The van der Waals surface area contributed by atoms with Gasteiger partial charge in [0.05, 0.1) is 5.52 Å². The highest BCUT2D eigenvalue weighted by molar-refractivity contribution is 5.93. The first-order valence-corrected chi connectivity index (χ1v) is 5.52. The number of aromatic amines is 1. The van der Waals surface area contributed by atoms with Gasteiger partial charge in [0.15, 0.2) is 0 Å². The van der Waals surface area contributed by atoms with E-state index in [1.54, 1.807) is 12.1 Å². The molecule has 0 unspecified atom stereocenters. The summed E-state index contributed by atoms with van der Waals surface area (Å²) in [5.74, 6) is 0.510. The zero-order valence-corrected chi connectivity index (χ0v) is 9.46. The molecule has 0 aliphatic heterocycles. The van der Waals surface area contributed by atoms with E-state index in [1.165, 1.54) is 0 Å². The van der Waals surface area contributed by atoms with Gasteiger partial charge in [-0.25, -0.2) is 0 Å². The maximum Gasteiger partial charge on any atom is 0.298 e. The third kappa shape index (κ3) is 1.73. The number of carbonyl (C=O) groups excluding carboxylic acids is 1. The number of aromatic nitrogens is 2. The molecule has 0 aliphatic carbocycles. The van der Waals surface area contributed by atoms with Crippen molar-refractivity contribution in [3.63, 3.8) is 0 Å². The van der Waals surface area contributed by atoms with Gasteiger partial charge in [-0.05, 0) is 18.2 Å². The molecule has 0 amide bonds. The highest BCUT2D eigenvalue weighted by Crippen LogP contribution is 2.28. The predicted molar refractivity (Wildman–Crippen MR) is 68.2 cm³/mol. The van der Waals surface area contributed by atoms with Crippen molar-refractivity contribution < 1.29 is 9.53 Å². The molecule has 1 aromatic heterocycles. The number of hydrogen-bond acceptors (Lipinski definition) is 3. The Hall–Kier alpha value is -2.62. The van der Waals surface area contributed by atoms with Crippen LogP contribution in [0.3, 0.4) is 0 Å². The second kappa shape index (κ2) is 4.33. The van der Waals surface area contributed by atoms with Gasteiger partial charge in [-0.2, -0.15) is 5.10 Å². The monoisotopic (exact) mass is 238 g/mol. The van der Waals surface area contributed by atoms with Crippen LogP contribution in [0.15, 0.2) is 48.5 Å². The zero-order chi connectivity index (χ0) is 12.4. The van der Waals surface area contributed by atoms with Gasteiger partial charge in [0.25, 0.3) is 6.47 Å². The Morgan fingerprint density at radius 1 is 1.11 bits per heavy atom. The normalized spacial score (nSPS) is 10.4. The molecule has 0 spiro atoms. The number of nitrogens with one attached hydrogen (secondary N) is 1. The van der Waals surface area contributed by atoms with Crippen LogP contribution >= 0.6 is 0 Å². The number of fused-ring (bicyclic) bond motifs is 1. The number of hydrogen-bond donors (Lipinski definition) is 1. The van der Waals surface area contributed by atoms with E-state index in [0.717, 1.165) is 22.2 Å². The second-order valence-electron chi connectivity index (χ2n) is 3.86. The Labute approximate surface area is 103 Å². The SMILES string of the molecule is O=COc1ccc2[nH]nc(-c3ccccc3)c2c1. The largest absolute Gasteiger partial charge is 0.429 e. The molecule has 0 radical (unpaired) electrons. The van der Waals surface area contributed by atoms with Crippen molar-refractivity contribution in [3.05, 3.63) is 48.5 Å². The summed E-state index contributed by atoms with van der Waals surface area (Å²) in [4.78, 5) is 10.4. The fourth-order valence-electron chi connectivity index (χ4n) is 1.94. The van der Waals surface area contributed by atoms with E-state index >= 15 is 0 Å². The first-order valence-electron chi connectivity index (χ1n) is 5.52. The molecule has 4 heteroatoms. The second-order valence-corrected chi connectivity index (χ2v) is 3.86. The van der Waals surface area contributed by atoms with Crippen molar-refractivity contribution in [1.29, 1.82) is 0 Å². The standard InChI is InChI=1S/C14H10N2O2/c17-9-18-11-6-7-13-12(8-11)14(16-15-13)10-4-2-1-3-5-10/h1-9H,(H,15,16). The molecule has 88 valence electrons. The molecule has 4 nitrogen and oxygen atoms in total. The van der Waals surface area contributed by atoms with Gasteiger partial charge in [0, 0.05) is 10.9 Å². The first-order chi connectivity index (χ1) is 8.88. The Morgan fingerprint density at radius 3 is 2.72 bits per heavy atom. The van der Waals surface area contributed by atoms with Gasteiger partial charge in [0.2, 0.25) is 0 Å². The summed E-state index contributed by atoms with van der Waals surface area (Å²) in [7, 11) is 0. The van der Waals surface area contributed by atoms with E-state index in [-0.39, 0.29) is 0 Å². The minimum absolute atomic E-state index is 0.420. The van der Waals surface area contributed by atoms with Crippen LogP contribution in [0.5, 0.6) is 5.75 Å². The van der Waals surface area contributed by atoms with Gasteiger partial charge in [-0.15, -0.1) is 0 Å². The van der Waals surface area contributed by atoms with Crippen molar-refractivity contribution in [2.45, 2.75) is 0 Å². The van der Waals surface area contributed by atoms with E-state index in [2.05, 4.69) is 10.2 Å². The van der Waals surface area contributed by atoms with Gasteiger partial charge in [0.1, 0.15) is 11.4 Å². The van der Waals surface area contributed by atoms with Gasteiger partial charge < -0.3 is 4.74 Å². The van der Waals surface area contributed by atoms with Gasteiger partial charge >= 0.3 is 0 Å². The molecule has 0 saturated heterocycles. The van der Waals surface area contributed by atoms with E-state index in [9.17, 15) is 4.79 Å². The van der Waals surface area contributed by atoms with Crippen molar-refractivity contribution in [2.24, 2.45) is 0 Å². The minimum Gasteiger partial charge on any atom is -0.429 e. The van der Waals surface area contributed by atoms with Crippen LogP contribution in [0.25, 0.3) is 22.2 Å². The van der Waals surface area contributed by atoms with Crippen LogP contribution in [0.4, 0.5) is 0 Å². The summed E-state index contributed by atoms with van der Waals surface area (Å²) in [6.45, 7) is 0.420. The summed E-state index contributed by atoms with van der Waals surface area (Å²) >= 11 is 0. The van der Waals surface area contributed by atoms with Crippen LogP contribution in [0.1, 0.15) is 0 Å². The molecular formula is C14H10N2O2. The predicted octanol–water partition coefficient (Wildman–Crippen LogP) is 2.77. The molecule has 18 heavy (non-hydrogen) atoms. The number of rotatable bonds is 3. The molecule has 1 N–H and O–H groups in total. The number of benzene rings is 2. The van der Waals surface area contributed by atoms with Gasteiger partial charge in [-0.3, -0.25) is 9.89 Å². The molecule has 0 fully saturated rings. The molecule has 0 aliphatic rings. The van der Waals surface area contributed by atoms with Crippen molar-refractivity contribution in [1.82, 2.24) is 10.2 Å². The van der Waals surface area contributed by atoms with Crippen LogP contribution in [-0.4, -0.2) is 16.7 Å². The minimum atomic E-state index is 0.420. The lowest BCUT2D eigenvalue weighted by molar-refractivity contribution is -0.120. The first kappa shape index (κ1) is 10.5. The number of carbonyl (C=O) groups is 1. The van der Waals surface area contributed by atoms with Crippen LogP contribution in [0, 0.1) is 0 Å². The molecule has 3 rings (SSSR count). The fraction of sp³-hybridized carbons (Fsp3) is 0. The highest BCUT2D eigenvalue weighted by Gasteiger charge is 2.08. The van der Waals surface area contributed by atoms with Crippen LogP contribution < -0.4 is 4.74 Å². The van der Waals surface area contributed by atoms with Crippen LogP contribution in [0.2, 0.25) is 0 Å². The smallest absolute Gasteiger partial charge is 0.298 e. The van der Waals surface area contributed by atoms with Crippen molar-refractivity contribution in [2.75, 3.05) is 0 Å². The number of ether oxygens (including phenoxy) is 1. The molecule has 2 aromatic carbocycles. The summed E-state index contributed by atoms with van der Waals surface area (Å²) in [5.41, 5.74) is 2.78. The van der Waals surface area contributed by atoms with E-state index in [1.807, 2.05) is 36.4 Å². The van der Waals surface area contributed by atoms with Gasteiger partial charge in [-0.1, -0.05) is 30.3 Å². The average molecular weight is 238 g/mol. The third-order valence-electron chi connectivity index (χ3n) is 2.77. The summed E-state index contributed by atoms with van der Waals surface area (Å²) in [5, 5.41) is 8.19. The zero-order valence-electron chi connectivity index (χ0n) is 9.46. The summed E-state index contributed by atoms with van der Waals surface area (Å²) in [6, 6.07) is 15.2. The molecule has 3 aromatic rings. The lowest BCUT2D eigenvalue weighted by atomic mass is 10.1. The Morgan fingerprint density at radius 2 is 1.94 bits per heavy atom. The third-order valence-corrected chi connectivity index (χ3v) is 2.77. The maximum absolute atomic E-state index is 10.4.